The Morgan fingerprint density at radius 1 is 1.26 bits per heavy atom. The molecule has 3 rings (SSSR count). The average molecular weight is 428 g/mol. The molecule has 1 saturated carbocycles. The van der Waals surface area contributed by atoms with E-state index < -0.39 is 0 Å². The number of hydrogen-bond donors (Lipinski definition) is 1. The number of likely N-dealkylation sites (tertiary alicyclic amines) is 1. The maximum atomic E-state index is 4.81. The third-order valence-electron chi connectivity index (χ3n) is 5.10. The van der Waals surface area contributed by atoms with E-state index in [1.54, 1.807) is 0 Å². The first-order valence-corrected chi connectivity index (χ1v) is 8.74. The minimum Gasteiger partial charge on any atom is -0.357 e. The standard InChI is InChI=1S/C18H28N4.HI/c1-2-19-17(21-14-16-8-4-7-12-20-16)22-13-11-18(15-22)9-5-3-6-10-18;/h4,7-8,12H,2-3,5-6,9-11,13-15H2,1H3,(H,19,21);1H. The second kappa shape index (κ2) is 8.85. The van der Waals surface area contributed by atoms with Crippen LogP contribution in [0.4, 0.5) is 0 Å². The molecular formula is C18H29IN4. The highest BCUT2D eigenvalue weighted by molar-refractivity contribution is 14.0. The summed E-state index contributed by atoms with van der Waals surface area (Å²) in [5, 5.41) is 3.46. The van der Waals surface area contributed by atoms with E-state index in [9.17, 15) is 0 Å². The monoisotopic (exact) mass is 428 g/mol. The molecule has 23 heavy (non-hydrogen) atoms. The second-order valence-electron chi connectivity index (χ2n) is 6.72. The van der Waals surface area contributed by atoms with Gasteiger partial charge in [-0.15, -0.1) is 24.0 Å². The molecule has 1 saturated heterocycles. The minimum atomic E-state index is 0. The zero-order valence-electron chi connectivity index (χ0n) is 14.1. The van der Waals surface area contributed by atoms with E-state index in [2.05, 4.69) is 22.1 Å². The third-order valence-corrected chi connectivity index (χ3v) is 5.10. The molecule has 2 heterocycles. The van der Waals surface area contributed by atoms with Gasteiger partial charge in [-0.1, -0.05) is 25.3 Å². The van der Waals surface area contributed by atoms with E-state index >= 15 is 0 Å². The van der Waals surface area contributed by atoms with E-state index in [4.69, 9.17) is 4.99 Å². The molecule has 0 atom stereocenters. The highest BCUT2D eigenvalue weighted by Gasteiger charge is 2.39. The van der Waals surface area contributed by atoms with E-state index in [1.165, 1.54) is 45.1 Å². The summed E-state index contributed by atoms with van der Waals surface area (Å²) in [6, 6.07) is 6.02. The van der Waals surface area contributed by atoms with E-state index in [0.717, 1.165) is 24.7 Å². The van der Waals surface area contributed by atoms with Gasteiger partial charge in [-0.2, -0.15) is 0 Å². The molecule has 2 aliphatic rings. The summed E-state index contributed by atoms with van der Waals surface area (Å²) in [7, 11) is 0. The van der Waals surface area contributed by atoms with Crippen molar-refractivity contribution in [2.75, 3.05) is 19.6 Å². The van der Waals surface area contributed by atoms with E-state index in [1.807, 2.05) is 24.4 Å². The number of aromatic nitrogens is 1. The summed E-state index contributed by atoms with van der Waals surface area (Å²) < 4.78 is 0. The Kier molecular flexibility index (Phi) is 7.11. The summed E-state index contributed by atoms with van der Waals surface area (Å²) in [4.78, 5) is 11.7. The first-order chi connectivity index (χ1) is 10.8. The Bertz CT molecular complexity index is 497. The van der Waals surface area contributed by atoms with E-state index in [0.29, 0.717) is 12.0 Å². The van der Waals surface area contributed by atoms with Crippen LogP contribution in [-0.4, -0.2) is 35.5 Å². The lowest BCUT2D eigenvalue weighted by Crippen LogP contribution is -2.41. The number of aliphatic imine (C=N–C) groups is 1. The van der Waals surface area contributed by atoms with Gasteiger partial charge in [-0.05, 0) is 43.7 Å². The Morgan fingerprint density at radius 2 is 2.09 bits per heavy atom. The van der Waals surface area contributed by atoms with Crippen molar-refractivity contribution in [2.24, 2.45) is 10.4 Å². The summed E-state index contributed by atoms with van der Waals surface area (Å²) in [6.07, 6.45) is 10.2. The van der Waals surface area contributed by atoms with Crippen LogP contribution in [0.25, 0.3) is 0 Å². The van der Waals surface area contributed by atoms with E-state index in [-0.39, 0.29) is 24.0 Å². The normalized spacial score (nSPS) is 20.4. The number of guanidine groups is 1. The summed E-state index contributed by atoms with van der Waals surface area (Å²) in [5.74, 6) is 1.07. The first-order valence-electron chi connectivity index (χ1n) is 8.74. The second-order valence-corrected chi connectivity index (χ2v) is 6.72. The third kappa shape index (κ3) is 4.81. The van der Waals surface area contributed by atoms with Crippen LogP contribution in [0.15, 0.2) is 29.4 Å². The van der Waals surface area contributed by atoms with Crippen molar-refractivity contribution >= 4 is 29.9 Å². The molecular weight excluding hydrogens is 399 g/mol. The summed E-state index contributed by atoms with van der Waals surface area (Å²) >= 11 is 0. The maximum Gasteiger partial charge on any atom is 0.194 e. The molecule has 1 aliphatic heterocycles. The number of halogens is 1. The number of nitrogens with one attached hydrogen (secondary N) is 1. The zero-order chi connectivity index (χ0) is 15.3. The number of hydrogen-bond acceptors (Lipinski definition) is 2. The number of pyridine rings is 1. The van der Waals surface area contributed by atoms with Crippen LogP contribution in [0.1, 0.15) is 51.1 Å². The Morgan fingerprint density at radius 3 is 2.78 bits per heavy atom. The zero-order valence-corrected chi connectivity index (χ0v) is 16.5. The molecule has 128 valence electrons. The van der Waals surface area contributed by atoms with Crippen LogP contribution >= 0.6 is 24.0 Å². The van der Waals surface area contributed by atoms with Crippen molar-refractivity contribution in [3.63, 3.8) is 0 Å². The highest BCUT2D eigenvalue weighted by atomic mass is 127. The molecule has 0 radical (unpaired) electrons. The predicted molar refractivity (Wildman–Crippen MR) is 106 cm³/mol. The van der Waals surface area contributed by atoms with Gasteiger partial charge in [0, 0.05) is 25.8 Å². The summed E-state index contributed by atoms with van der Waals surface area (Å²) in [5.41, 5.74) is 1.60. The van der Waals surface area contributed by atoms with Gasteiger partial charge in [0.2, 0.25) is 0 Å². The number of nitrogens with zero attached hydrogens (tertiary/aromatic N) is 3. The topological polar surface area (TPSA) is 40.5 Å². The minimum absolute atomic E-state index is 0. The molecule has 2 fully saturated rings. The SMILES string of the molecule is CCNC(=NCc1ccccn1)N1CCC2(CCCCC2)C1.I. The van der Waals surface area contributed by atoms with Crippen molar-refractivity contribution in [1.82, 2.24) is 15.2 Å². The van der Waals surface area contributed by atoms with Crippen molar-refractivity contribution in [3.8, 4) is 0 Å². The quantitative estimate of drug-likeness (QED) is 0.452. The maximum absolute atomic E-state index is 4.81. The van der Waals surface area contributed by atoms with Gasteiger partial charge >= 0.3 is 0 Å². The van der Waals surface area contributed by atoms with Gasteiger partial charge in [0.15, 0.2) is 5.96 Å². The Hall–Kier alpha value is -0.850. The van der Waals surface area contributed by atoms with Gasteiger partial charge in [-0.25, -0.2) is 4.99 Å². The van der Waals surface area contributed by atoms with Crippen molar-refractivity contribution in [1.29, 1.82) is 0 Å². The Labute approximate surface area is 157 Å². The number of rotatable bonds is 3. The lowest BCUT2D eigenvalue weighted by atomic mass is 9.73. The Balaban J connectivity index is 0.00000192. The molecule has 0 aromatic carbocycles. The van der Waals surface area contributed by atoms with Gasteiger partial charge in [-0.3, -0.25) is 4.98 Å². The van der Waals surface area contributed by atoms with Crippen LogP contribution in [0, 0.1) is 5.41 Å². The van der Waals surface area contributed by atoms with Crippen molar-refractivity contribution in [3.05, 3.63) is 30.1 Å². The molecule has 1 spiro atoms. The molecule has 1 aromatic heterocycles. The van der Waals surface area contributed by atoms with Gasteiger partial charge in [0.05, 0.1) is 12.2 Å². The largest absolute Gasteiger partial charge is 0.357 e. The lowest BCUT2D eigenvalue weighted by Gasteiger charge is -2.33. The molecule has 5 heteroatoms. The molecule has 1 N–H and O–H groups in total. The van der Waals surface area contributed by atoms with Gasteiger partial charge < -0.3 is 10.2 Å². The van der Waals surface area contributed by atoms with Crippen molar-refractivity contribution < 1.29 is 0 Å². The predicted octanol–water partition coefficient (Wildman–Crippen LogP) is 3.82. The molecule has 4 nitrogen and oxygen atoms in total. The molecule has 1 aliphatic carbocycles. The first kappa shape index (κ1) is 18.5. The fourth-order valence-corrected chi connectivity index (χ4v) is 3.90. The van der Waals surface area contributed by atoms with Gasteiger partial charge in [0.25, 0.3) is 0 Å². The van der Waals surface area contributed by atoms with Crippen molar-refractivity contribution in [2.45, 2.75) is 52.0 Å². The van der Waals surface area contributed by atoms with Crippen LogP contribution in [0.2, 0.25) is 0 Å². The summed E-state index contributed by atoms with van der Waals surface area (Å²) in [6.45, 7) is 6.05. The van der Waals surface area contributed by atoms with Crippen LogP contribution in [0.3, 0.4) is 0 Å². The molecule has 1 aromatic rings. The molecule has 0 unspecified atom stereocenters. The van der Waals surface area contributed by atoms with Crippen LogP contribution in [-0.2, 0) is 6.54 Å². The molecule has 0 bridgehead atoms. The fraction of sp³-hybridized carbons (Fsp3) is 0.667. The molecule has 0 amide bonds. The fourth-order valence-electron chi connectivity index (χ4n) is 3.90. The van der Waals surface area contributed by atoms with Gasteiger partial charge in [0.1, 0.15) is 0 Å². The smallest absolute Gasteiger partial charge is 0.194 e. The average Bonchev–Trinajstić information content (AvgIpc) is 2.96. The van der Waals surface area contributed by atoms with Crippen LogP contribution < -0.4 is 5.32 Å². The lowest BCUT2D eigenvalue weighted by molar-refractivity contribution is 0.203. The van der Waals surface area contributed by atoms with Crippen LogP contribution in [0.5, 0.6) is 0 Å². The highest BCUT2D eigenvalue weighted by Crippen LogP contribution is 2.43.